The van der Waals surface area contributed by atoms with E-state index in [0.29, 0.717) is 0 Å². The van der Waals surface area contributed by atoms with Crippen LogP contribution in [0.3, 0.4) is 0 Å². The number of nitriles is 1. The molecule has 1 N–H and O–H groups in total. The fourth-order valence-corrected chi connectivity index (χ4v) is 2.74. The van der Waals surface area contributed by atoms with E-state index in [0.717, 1.165) is 0 Å². The normalized spacial score (nSPS) is 37.8. The maximum absolute atomic E-state index is 11.3. The molecule has 112 valence electrons. The summed E-state index contributed by atoms with van der Waals surface area (Å²) in [5.41, 5.74) is -1.22. The van der Waals surface area contributed by atoms with Crippen LogP contribution in [0.4, 0.5) is 0 Å². The van der Waals surface area contributed by atoms with Gasteiger partial charge in [-0.15, -0.1) is 0 Å². The molecular weight excluding hydrogens is 264 g/mol. The molecule has 0 unspecified atom stereocenters. The van der Waals surface area contributed by atoms with Crippen LogP contribution in [0.5, 0.6) is 0 Å². The van der Waals surface area contributed by atoms with Crippen LogP contribution in [-0.2, 0) is 23.7 Å². The van der Waals surface area contributed by atoms with E-state index < -0.39 is 35.9 Å². The second kappa shape index (κ2) is 4.97. The van der Waals surface area contributed by atoms with Crippen molar-refractivity contribution in [3.05, 3.63) is 0 Å². The molecule has 2 aliphatic rings. The van der Waals surface area contributed by atoms with Crippen LogP contribution in [-0.4, -0.2) is 48.9 Å². The molecule has 7 nitrogen and oxygen atoms in total. The van der Waals surface area contributed by atoms with Crippen LogP contribution in [0.2, 0.25) is 0 Å². The lowest BCUT2D eigenvalue weighted by atomic mass is 9.91. The zero-order valence-corrected chi connectivity index (χ0v) is 12.3. The number of carbonyl (C=O) groups excluding carboxylic acids is 1. The highest BCUT2D eigenvalue weighted by atomic mass is 16.8. The second-order valence-corrected chi connectivity index (χ2v) is 5.72. The summed E-state index contributed by atoms with van der Waals surface area (Å²) >= 11 is 0. The van der Waals surface area contributed by atoms with Gasteiger partial charge in [-0.2, -0.15) is 5.26 Å². The number of fused-ring (bicyclic) bond motifs is 1. The van der Waals surface area contributed by atoms with E-state index in [1.165, 1.54) is 14.0 Å². The molecule has 0 saturated carbocycles. The summed E-state index contributed by atoms with van der Waals surface area (Å²) < 4.78 is 22.5. The van der Waals surface area contributed by atoms with Crippen LogP contribution in [0, 0.1) is 11.3 Å². The minimum Gasteiger partial charge on any atom is -0.353 e. The van der Waals surface area contributed by atoms with Gasteiger partial charge in [-0.1, -0.05) is 0 Å². The molecule has 0 aromatic heterocycles. The van der Waals surface area contributed by atoms with Gasteiger partial charge in [-0.05, 0) is 20.8 Å². The zero-order valence-electron chi connectivity index (χ0n) is 12.3. The molecule has 2 aliphatic heterocycles. The van der Waals surface area contributed by atoms with Crippen molar-refractivity contribution >= 4 is 5.91 Å². The Hall–Kier alpha value is -1.20. The predicted molar refractivity (Wildman–Crippen MR) is 67.3 cm³/mol. The maximum atomic E-state index is 11.3. The van der Waals surface area contributed by atoms with Gasteiger partial charge < -0.3 is 24.3 Å². The fourth-order valence-electron chi connectivity index (χ4n) is 2.74. The van der Waals surface area contributed by atoms with Crippen molar-refractivity contribution in [2.45, 2.75) is 63.6 Å². The Labute approximate surface area is 118 Å². The van der Waals surface area contributed by atoms with Gasteiger partial charge in [0.05, 0.1) is 6.07 Å². The van der Waals surface area contributed by atoms with Gasteiger partial charge >= 0.3 is 0 Å². The molecule has 2 fully saturated rings. The first-order chi connectivity index (χ1) is 9.22. The lowest BCUT2D eigenvalue weighted by molar-refractivity contribution is -0.232. The molecule has 20 heavy (non-hydrogen) atoms. The lowest BCUT2D eigenvalue weighted by Crippen LogP contribution is -2.57. The Morgan fingerprint density at radius 2 is 2.00 bits per heavy atom. The fraction of sp³-hybridized carbons (Fsp3) is 0.846. The van der Waals surface area contributed by atoms with Crippen molar-refractivity contribution in [2.24, 2.45) is 0 Å². The Kier molecular flexibility index (Phi) is 3.77. The SMILES string of the molecule is CO[C@H]1O[C@H]([C@@](C)(C#N)NC(C)=O)[C@@H]2OC(C)(C)O[C@H]12. The third-order valence-corrected chi connectivity index (χ3v) is 3.48. The number of nitrogens with one attached hydrogen (secondary N) is 1. The maximum Gasteiger partial charge on any atom is 0.218 e. The molecule has 2 heterocycles. The highest BCUT2D eigenvalue weighted by Gasteiger charge is 2.60. The van der Waals surface area contributed by atoms with Gasteiger partial charge in [0.15, 0.2) is 17.6 Å². The largest absolute Gasteiger partial charge is 0.353 e. The molecule has 0 radical (unpaired) electrons. The molecule has 0 aromatic carbocycles. The molecule has 7 heteroatoms. The zero-order chi connectivity index (χ0) is 15.1. The molecule has 5 atom stereocenters. The van der Waals surface area contributed by atoms with E-state index in [-0.39, 0.29) is 5.91 Å². The van der Waals surface area contributed by atoms with Crippen molar-refractivity contribution in [2.75, 3.05) is 7.11 Å². The number of hydrogen-bond donors (Lipinski definition) is 1. The molecule has 0 spiro atoms. The smallest absolute Gasteiger partial charge is 0.218 e. The standard InChI is InChI=1S/C13H20N2O5/c1-7(16)15-13(4,6-14)10-8-9(11(17-5)18-10)20-12(2,3)19-8/h8-11H,1-5H3,(H,15,16)/t8-,9+,10+,11+,13-/m1/s1. The summed E-state index contributed by atoms with van der Waals surface area (Å²) in [6.45, 7) is 6.53. The van der Waals surface area contributed by atoms with Crippen molar-refractivity contribution in [3.63, 3.8) is 0 Å². The van der Waals surface area contributed by atoms with E-state index >= 15 is 0 Å². The second-order valence-electron chi connectivity index (χ2n) is 5.72. The quantitative estimate of drug-likeness (QED) is 0.801. The number of methoxy groups -OCH3 is 1. The summed E-state index contributed by atoms with van der Waals surface area (Å²) in [6.07, 6.45) is -2.21. The molecule has 2 rings (SSSR count). The van der Waals surface area contributed by atoms with Crippen molar-refractivity contribution < 1.29 is 23.7 Å². The van der Waals surface area contributed by atoms with Crippen molar-refractivity contribution in [1.29, 1.82) is 5.26 Å². The molecule has 2 saturated heterocycles. The minimum atomic E-state index is -1.22. The number of ether oxygens (including phenoxy) is 4. The number of nitrogens with zero attached hydrogens (tertiary/aromatic N) is 1. The highest BCUT2D eigenvalue weighted by Crippen LogP contribution is 2.41. The Bertz CT molecular complexity index is 447. The van der Waals surface area contributed by atoms with E-state index in [9.17, 15) is 10.1 Å². The van der Waals surface area contributed by atoms with Crippen LogP contribution in [0.15, 0.2) is 0 Å². The number of amides is 1. The van der Waals surface area contributed by atoms with Gasteiger partial charge in [0.1, 0.15) is 18.3 Å². The number of hydrogen-bond acceptors (Lipinski definition) is 6. The topological polar surface area (TPSA) is 89.8 Å². The number of rotatable bonds is 3. The summed E-state index contributed by atoms with van der Waals surface area (Å²) in [6, 6.07) is 2.09. The van der Waals surface area contributed by atoms with Gasteiger partial charge in [0.2, 0.25) is 5.91 Å². The minimum absolute atomic E-state index is 0.312. The van der Waals surface area contributed by atoms with E-state index in [1.54, 1.807) is 20.8 Å². The summed E-state index contributed by atoms with van der Waals surface area (Å²) in [5.74, 6) is -1.09. The van der Waals surface area contributed by atoms with Crippen LogP contribution >= 0.6 is 0 Å². The summed E-state index contributed by atoms with van der Waals surface area (Å²) in [7, 11) is 1.50. The summed E-state index contributed by atoms with van der Waals surface area (Å²) in [5, 5.41) is 12.0. The van der Waals surface area contributed by atoms with E-state index in [1.807, 2.05) is 0 Å². The average Bonchev–Trinajstić information content (AvgIpc) is 2.81. The first kappa shape index (κ1) is 15.2. The predicted octanol–water partition coefficient (Wildman–Crippen LogP) is 0.296. The Morgan fingerprint density at radius 1 is 1.40 bits per heavy atom. The first-order valence-electron chi connectivity index (χ1n) is 6.46. The first-order valence-corrected chi connectivity index (χ1v) is 6.46. The third kappa shape index (κ3) is 2.52. The highest BCUT2D eigenvalue weighted by molar-refractivity contribution is 5.74. The third-order valence-electron chi connectivity index (χ3n) is 3.48. The summed E-state index contributed by atoms with van der Waals surface area (Å²) in [4.78, 5) is 11.3. The monoisotopic (exact) mass is 284 g/mol. The average molecular weight is 284 g/mol. The molecule has 0 aliphatic carbocycles. The molecule has 0 bridgehead atoms. The Morgan fingerprint density at radius 3 is 2.50 bits per heavy atom. The number of carbonyl (C=O) groups is 1. The van der Waals surface area contributed by atoms with E-state index in [2.05, 4.69) is 11.4 Å². The van der Waals surface area contributed by atoms with Gasteiger partial charge in [-0.3, -0.25) is 4.79 Å². The van der Waals surface area contributed by atoms with Crippen LogP contribution < -0.4 is 5.32 Å². The molecular formula is C13H20N2O5. The van der Waals surface area contributed by atoms with Gasteiger partial charge in [-0.25, -0.2) is 0 Å². The van der Waals surface area contributed by atoms with E-state index in [4.69, 9.17) is 18.9 Å². The lowest BCUT2D eigenvalue weighted by Gasteiger charge is -2.32. The molecule has 0 aromatic rings. The van der Waals surface area contributed by atoms with Gasteiger partial charge in [0.25, 0.3) is 0 Å². The van der Waals surface area contributed by atoms with Crippen molar-refractivity contribution in [1.82, 2.24) is 5.32 Å². The van der Waals surface area contributed by atoms with Crippen LogP contribution in [0.1, 0.15) is 27.7 Å². The van der Waals surface area contributed by atoms with Crippen LogP contribution in [0.25, 0.3) is 0 Å². The Balaban J connectivity index is 2.28. The van der Waals surface area contributed by atoms with Crippen molar-refractivity contribution in [3.8, 4) is 6.07 Å². The molecule has 1 amide bonds. The van der Waals surface area contributed by atoms with Gasteiger partial charge in [0, 0.05) is 14.0 Å².